The number of hydrogen-bond acceptors (Lipinski definition) is 6. The van der Waals surface area contributed by atoms with Crippen LogP contribution in [0.3, 0.4) is 0 Å². The fourth-order valence-corrected chi connectivity index (χ4v) is 1.60. The molecule has 0 aliphatic rings. The molecule has 0 saturated carbocycles. The first-order chi connectivity index (χ1) is 9.21. The summed E-state index contributed by atoms with van der Waals surface area (Å²) in [6.45, 7) is 3.36. The molecule has 0 saturated heterocycles. The Balaban J connectivity index is 2.56. The van der Waals surface area contributed by atoms with Gasteiger partial charge in [0.1, 0.15) is 12.0 Å². The molecule has 0 aromatic carbocycles. The van der Waals surface area contributed by atoms with Crippen molar-refractivity contribution in [2.24, 2.45) is 5.84 Å². The average Bonchev–Trinajstić information content (AvgIpc) is 2.89. The van der Waals surface area contributed by atoms with Crippen molar-refractivity contribution >= 4 is 5.91 Å². The molecule has 0 unspecified atom stereocenters. The van der Waals surface area contributed by atoms with Gasteiger partial charge in [0.2, 0.25) is 0 Å². The molecule has 7 heteroatoms. The molecule has 3 N–H and O–H groups in total. The van der Waals surface area contributed by atoms with Crippen molar-refractivity contribution in [3.05, 3.63) is 23.7 Å². The van der Waals surface area contributed by atoms with Crippen LogP contribution in [0.15, 0.2) is 16.7 Å². The van der Waals surface area contributed by atoms with Crippen molar-refractivity contribution < 1.29 is 18.7 Å². The van der Waals surface area contributed by atoms with Gasteiger partial charge in [-0.25, -0.2) is 5.84 Å². The molecule has 0 spiro atoms. The van der Waals surface area contributed by atoms with E-state index in [0.29, 0.717) is 31.1 Å². The monoisotopic (exact) mass is 271 g/mol. The standard InChI is InChI=1S/C12H21N3O4/c1-17-5-3-15(4-6-18-2)8-11-7-10(9-19-11)12(16)14-13/h7,9H,3-6,8,13H2,1-2H3,(H,14,16). The van der Waals surface area contributed by atoms with E-state index in [1.54, 1.807) is 20.3 Å². The number of carbonyl (C=O) groups excluding carboxylic acids is 1. The predicted molar refractivity (Wildman–Crippen MR) is 69.4 cm³/mol. The maximum atomic E-state index is 11.3. The number of carbonyl (C=O) groups is 1. The van der Waals surface area contributed by atoms with Gasteiger partial charge < -0.3 is 13.9 Å². The minimum Gasteiger partial charge on any atom is -0.467 e. The number of nitrogens with one attached hydrogen (secondary N) is 1. The van der Waals surface area contributed by atoms with Crippen molar-refractivity contribution in [3.8, 4) is 0 Å². The zero-order chi connectivity index (χ0) is 14.1. The number of nitrogen functional groups attached to an aromatic ring is 1. The number of ether oxygens (including phenoxy) is 2. The van der Waals surface area contributed by atoms with Crippen LogP contribution in [0.1, 0.15) is 16.1 Å². The minimum absolute atomic E-state index is 0.365. The number of hydrogen-bond donors (Lipinski definition) is 2. The van der Waals surface area contributed by atoms with E-state index in [-0.39, 0.29) is 5.91 Å². The van der Waals surface area contributed by atoms with E-state index in [4.69, 9.17) is 19.7 Å². The summed E-state index contributed by atoms with van der Waals surface area (Å²) in [4.78, 5) is 13.4. The van der Waals surface area contributed by atoms with Gasteiger partial charge in [-0.1, -0.05) is 0 Å². The lowest BCUT2D eigenvalue weighted by atomic mass is 10.3. The Labute approximate surface area is 112 Å². The normalized spacial score (nSPS) is 10.9. The maximum absolute atomic E-state index is 11.3. The minimum atomic E-state index is -0.365. The summed E-state index contributed by atoms with van der Waals surface area (Å²) in [5.41, 5.74) is 2.48. The number of rotatable bonds is 9. The first-order valence-electron chi connectivity index (χ1n) is 5.99. The molecule has 7 nitrogen and oxygen atoms in total. The molecule has 1 heterocycles. The lowest BCUT2D eigenvalue weighted by Crippen LogP contribution is -2.30. The zero-order valence-corrected chi connectivity index (χ0v) is 11.3. The summed E-state index contributed by atoms with van der Waals surface area (Å²) in [5.74, 6) is 5.40. The Morgan fingerprint density at radius 1 is 1.37 bits per heavy atom. The second kappa shape index (κ2) is 8.65. The predicted octanol–water partition coefficient (Wildman–Crippen LogP) is -0.0221. The third-order valence-corrected chi connectivity index (χ3v) is 2.65. The van der Waals surface area contributed by atoms with Gasteiger partial charge in [-0.3, -0.25) is 15.1 Å². The maximum Gasteiger partial charge on any atom is 0.268 e. The number of methoxy groups -OCH3 is 2. The van der Waals surface area contributed by atoms with Crippen LogP contribution in [0.4, 0.5) is 0 Å². The topological polar surface area (TPSA) is 90.0 Å². The number of nitrogens with two attached hydrogens (primary N) is 1. The van der Waals surface area contributed by atoms with E-state index >= 15 is 0 Å². The Bertz CT molecular complexity index is 373. The van der Waals surface area contributed by atoms with Crippen molar-refractivity contribution in [1.29, 1.82) is 0 Å². The second-order valence-corrected chi connectivity index (χ2v) is 4.04. The summed E-state index contributed by atoms with van der Waals surface area (Å²) >= 11 is 0. The Morgan fingerprint density at radius 2 is 2.00 bits per heavy atom. The van der Waals surface area contributed by atoms with Gasteiger partial charge in [0.25, 0.3) is 5.91 Å². The largest absolute Gasteiger partial charge is 0.467 e. The molecule has 108 valence electrons. The third-order valence-electron chi connectivity index (χ3n) is 2.65. The average molecular weight is 271 g/mol. The molecule has 0 atom stereocenters. The van der Waals surface area contributed by atoms with E-state index < -0.39 is 0 Å². The van der Waals surface area contributed by atoms with Crippen LogP contribution < -0.4 is 11.3 Å². The van der Waals surface area contributed by atoms with E-state index in [1.807, 2.05) is 0 Å². The molecular weight excluding hydrogens is 250 g/mol. The second-order valence-electron chi connectivity index (χ2n) is 4.04. The number of nitrogens with zero attached hydrogens (tertiary/aromatic N) is 1. The molecule has 1 aromatic rings. The summed E-state index contributed by atoms with van der Waals surface area (Å²) in [6, 6.07) is 1.68. The van der Waals surface area contributed by atoms with Crippen LogP contribution in [-0.2, 0) is 16.0 Å². The first-order valence-corrected chi connectivity index (χ1v) is 5.99. The summed E-state index contributed by atoms with van der Waals surface area (Å²) in [7, 11) is 3.32. The van der Waals surface area contributed by atoms with Crippen LogP contribution in [0.25, 0.3) is 0 Å². The molecule has 0 radical (unpaired) electrons. The third kappa shape index (κ3) is 5.39. The molecule has 1 rings (SSSR count). The van der Waals surface area contributed by atoms with Crippen molar-refractivity contribution in [1.82, 2.24) is 10.3 Å². The highest BCUT2D eigenvalue weighted by Gasteiger charge is 2.12. The summed E-state index contributed by atoms with van der Waals surface area (Å²) in [5, 5.41) is 0. The Hall–Kier alpha value is -1.41. The van der Waals surface area contributed by atoms with E-state index in [0.717, 1.165) is 13.1 Å². The summed E-state index contributed by atoms with van der Waals surface area (Å²) < 4.78 is 15.5. The fraction of sp³-hybridized carbons (Fsp3) is 0.583. The van der Waals surface area contributed by atoms with E-state index in [1.165, 1.54) is 6.26 Å². The van der Waals surface area contributed by atoms with Gasteiger partial charge in [-0.05, 0) is 6.07 Å². The molecular formula is C12H21N3O4. The van der Waals surface area contributed by atoms with Crippen molar-refractivity contribution in [2.45, 2.75) is 6.54 Å². The lowest BCUT2D eigenvalue weighted by Gasteiger charge is -2.20. The van der Waals surface area contributed by atoms with Crippen LogP contribution in [0, 0.1) is 0 Å². The van der Waals surface area contributed by atoms with Gasteiger partial charge in [0.15, 0.2) is 0 Å². The van der Waals surface area contributed by atoms with Crippen LogP contribution >= 0.6 is 0 Å². The highest BCUT2D eigenvalue weighted by molar-refractivity contribution is 5.93. The number of hydrazine groups is 1. The smallest absolute Gasteiger partial charge is 0.268 e. The highest BCUT2D eigenvalue weighted by Crippen LogP contribution is 2.10. The van der Waals surface area contributed by atoms with Crippen molar-refractivity contribution in [3.63, 3.8) is 0 Å². The summed E-state index contributed by atoms with van der Waals surface area (Å²) in [6.07, 6.45) is 1.39. The van der Waals surface area contributed by atoms with Gasteiger partial charge in [0.05, 0.1) is 25.3 Å². The Kier molecular flexibility index (Phi) is 7.12. The highest BCUT2D eigenvalue weighted by atomic mass is 16.5. The number of amides is 1. The van der Waals surface area contributed by atoms with Gasteiger partial charge in [-0.15, -0.1) is 0 Å². The molecule has 19 heavy (non-hydrogen) atoms. The molecule has 0 bridgehead atoms. The molecule has 1 amide bonds. The molecule has 0 aliphatic heterocycles. The van der Waals surface area contributed by atoms with Gasteiger partial charge in [-0.2, -0.15) is 0 Å². The van der Waals surface area contributed by atoms with Crippen molar-refractivity contribution in [2.75, 3.05) is 40.5 Å². The Morgan fingerprint density at radius 3 is 2.53 bits per heavy atom. The number of furan rings is 1. The molecule has 0 fully saturated rings. The SMILES string of the molecule is COCCN(CCOC)Cc1cc(C(=O)NN)co1. The first kappa shape index (κ1) is 15.6. The zero-order valence-electron chi connectivity index (χ0n) is 11.3. The van der Waals surface area contributed by atoms with Crippen LogP contribution in [0.5, 0.6) is 0 Å². The van der Waals surface area contributed by atoms with Crippen LogP contribution in [0.2, 0.25) is 0 Å². The molecule has 1 aromatic heterocycles. The quantitative estimate of drug-likeness (QED) is 0.373. The van der Waals surface area contributed by atoms with Gasteiger partial charge in [0, 0.05) is 27.3 Å². The molecule has 0 aliphatic carbocycles. The fourth-order valence-electron chi connectivity index (χ4n) is 1.60. The lowest BCUT2D eigenvalue weighted by molar-refractivity contribution is 0.0953. The van der Waals surface area contributed by atoms with E-state index in [9.17, 15) is 4.79 Å². The van der Waals surface area contributed by atoms with Gasteiger partial charge >= 0.3 is 0 Å². The van der Waals surface area contributed by atoms with Crippen LogP contribution in [-0.4, -0.2) is 51.3 Å². The van der Waals surface area contributed by atoms with E-state index in [2.05, 4.69) is 10.3 Å².